The van der Waals surface area contributed by atoms with Crippen molar-refractivity contribution in [2.24, 2.45) is 5.73 Å². The van der Waals surface area contributed by atoms with Crippen LogP contribution >= 0.6 is 0 Å². The monoisotopic (exact) mass is 252 g/mol. The van der Waals surface area contributed by atoms with Crippen LogP contribution in [0.15, 0.2) is 18.2 Å². The maximum absolute atomic E-state index is 6.24. The van der Waals surface area contributed by atoms with Crippen molar-refractivity contribution in [2.75, 3.05) is 27.8 Å². The summed E-state index contributed by atoms with van der Waals surface area (Å²) < 4.78 is 10.6. The summed E-state index contributed by atoms with van der Waals surface area (Å²) in [7, 11) is 5.36. The summed E-state index contributed by atoms with van der Waals surface area (Å²) in [6.07, 6.45) is 0. The van der Waals surface area contributed by atoms with Gasteiger partial charge in [-0.05, 0) is 27.0 Å². The van der Waals surface area contributed by atoms with E-state index >= 15 is 0 Å². The number of hydrogen-bond acceptors (Lipinski definition) is 4. The van der Waals surface area contributed by atoms with Gasteiger partial charge in [0.25, 0.3) is 0 Å². The third-order valence-electron chi connectivity index (χ3n) is 3.21. The minimum atomic E-state index is -0.0711. The van der Waals surface area contributed by atoms with Gasteiger partial charge in [0.05, 0.1) is 14.2 Å². The lowest BCUT2D eigenvalue weighted by Crippen LogP contribution is -2.34. The van der Waals surface area contributed by atoms with Crippen LogP contribution in [0.4, 0.5) is 0 Å². The second-order valence-corrected chi connectivity index (χ2v) is 4.75. The van der Waals surface area contributed by atoms with E-state index in [1.165, 1.54) is 0 Å². The fourth-order valence-corrected chi connectivity index (χ4v) is 1.74. The van der Waals surface area contributed by atoms with E-state index in [-0.39, 0.29) is 6.04 Å². The molecule has 1 aromatic rings. The van der Waals surface area contributed by atoms with Crippen LogP contribution in [-0.4, -0.2) is 38.8 Å². The Bertz CT molecular complexity index is 380. The second kappa shape index (κ2) is 6.61. The van der Waals surface area contributed by atoms with E-state index in [4.69, 9.17) is 15.2 Å². The molecule has 0 bridgehead atoms. The molecule has 102 valence electrons. The lowest BCUT2D eigenvalue weighted by molar-refractivity contribution is 0.255. The van der Waals surface area contributed by atoms with Crippen LogP contribution < -0.4 is 15.2 Å². The highest BCUT2D eigenvalue weighted by atomic mass is 16.5. The summed E-state index contributed by atoms with van der Waals surface area (Å²) in [5, 5.41) is 0. The molecule has 0 saturated carbocycles. The number of methoxy groups -OCH3 is 2. The molecule has 0 saturated heterocycles. The Kier molecular flexibility index (Phi) is 5.44. The molecular formula is C14H24N2O2. The Balaban J connectivity index is 2.87. The first-order chi connectivity index (χ1) is 8.49. The van der Waals surface area contributed by atoms with E-state index in [9.17, 15) is 0 Å². The predicted molar refractivity (Wildman–Crippen MR) is 74.2 cm³/mol. The number of benzene rings is 1. The molecule has 0 spiro atoms. The Morgan fingerprint density at radius 1 is 1.22 bits per heavy atom. The summed E-state index contributed by atoms with van der Waals surface area (Å²) >= 11 is 0. The zero-order valence-corrected chi connectivity index (χ0v) is 11.9. The maximum atomic E-state index is 6.24. The summed E-state index contributed by atoms with van der Waals surface area (Å²) in [4.78, 5) is 2.22. The second-order valence-electron chi connectivity index (χ2n) is 4.75. The molecule has 0 radical (unpaired) electrons. The Labute approximate surface area is 110 Å². The van der Waals surface area contributed by atoms with Gasteiger partial charge in [0.2, 0.25) is 0 Å². The van der Waals surface area contributed by atoms with E-state index < -0.39 is 0 Å². The normalized spacial score (nSPS) is 12.9. The van der Waals surface area contributed by atoms with Crippen LogP contribution in [0.2, 0.25) is 0 Å². The minimum Gasteiger partial charge on any atom is -0.497 e. The van der Waals surface area contributed by atoms with E-state index in [0.717, 1.165) is 23.6 Å². The number of nitrogens with zero attached hydrogens (tertiary/aromatic N) is 1. The fourth-order valence-electron chi connectivity index (χ4n) is 1.74. The van der Waals surface area contributed by atoms with E-state index in [1.54, 1.807) is 14.2 Å². The SMILES string of the molecule is COc1ccc(C(N)CN(C)C(C)C)c(OC)c1. The van der Waals surface area contributed by atoms with Crippen LogP contribution in [-0.2, 0) is 0 Å². The Morgan fingerprint density at radius 3 is 2.39 bits per heavy atom. The van der Waals surface area contributed by atoms with Crippen LogP contribution in [0, 0.1) is 0 Å². The molecular weight excluding hydrogens is 228 g/mol. The van der Waals surface area contributed by atoms with E-state index in [1.807, 2.05) is 18.2 Å². The summed E-state index contributed by atoms with van der Waals surface area (Å²) in [6, 6.07) is 6.15. The molecule has 0 amide bonds. The molecule has 0 aliphatic rings. The smallest absolute Gasteiger partial charge is 0.127 e. The van der Waals surface area contributed by atoms with E-state index in [0.29, 0.717) is 6.04 Å². The first-order valence-corrected chi connectivity index (χ1v) is 6.17. The van der Waals surface area contributed by atoms with Crippen molar-refractivity contribution >= 4 is 0 Å². The van der Waals surface area contributed by atoms with Gasteiger partial charge in [0, 0.05) is 30.3 Å². The molecule has 2 N–H and O–H groups in total. The summed E-state index contributed by atoms with van der Waals surface area (Å²) in [5.74, 6) is 1.55. The highest BCUT2D eigenvalue weighted by Gasteiger charge is 2.16. The minimum absolute atomic E-state index is 0.0711. The molecule has 1 aromatic carbocycles. The number of ether oxygens (including phenoxy) is 2. The molecule has 4 heteroatoms. The van der Waals surface area contributed by atoms with Gasteiger partial charge in [-0.25, -0.2) is 0 Å². The average Bonchev–Trinajstić information content (AvgIpc) is 2.37. The molecule has 0 fully saturated rings. The van der Waals surface area contributed by atoms with Gasteiger partial charge in [-0.15, -0.1) is 0 Å². The van der Waals surface area contributed by atoms with Gasteiger partial charge in [-0.2, -0.15) is 0 Å². The van der Waals surface area contributed by atoms with Crippen molar-refractivity contribution in [3.8, 4) is 11.5 Å². The zero-order valence-electron chi connectivity index (χ0n) is 11.9. The first-order valence-electron chi connectivity index (χ1n) is 6.17. The first kappa shape index (κ1) is 14.8. The van der Waals surface area contributed by atoms with Gasteiger partial charge in [-0.3, -0.25) is 0 Å². The van der Waals surface area contributed by atoms with Crippen molar-refractivity contribution in [3.63, 3.8) is 0 Å². The van der Waals surface area contributed by atoms with Crippen molar-refractivity contribution in [1.29, 1.82) is 0 Å². The van der Waals surface area contributed by atoms with Crippen LogP contribution in [0.3, 0.4) is 0 Å². The van der Waals surface area contributed by atoms with Crippen LogP contribution in [0.1, 0.15) is 25.5 Å². The average molecular weight is 252 g/mol. The Hall–Kier alpha value is -1.26. The third kappa shape index (κ3) is 3.62. The van der Waals surface area contributed by atoms with Crippen molar-refractivity contribution in [1.82, 2.24) is 4.90 Å². The fraction of sp³-hybridized carbons (Fsp3) is 0.571. The highest BCUT2D eigenvalue weighted by molar-refractivity contribution is 5.42. The van der Waals surface area contributed by atoms with Gasteiger partial charge in [-0.1, -0.05) is 6.07 Å². The van der Waals surface area contributed by atoms with Crippen molar-refractivity contribution in [3.05, 3.63) is 23.8 Å². The van der Waals surface area contributed by atoms with Crippen molar-refractivity contribution < 1.29 is 9.47 Å². The standard InChI is InChI=1S/C14H24N2O2/c1-10(2)16(3)9-13(15)12-7-6-11(17-4)8-14(12)18-5/h6-8,10,13H,9,15H2,1-5H3. The van der Waals surface area contributed by atoms with Gasteiger partial charge >= 0.3 is 0 Å². The molecule has 0 aliphatic carbocycles. The maximum Gasteiger partial charge on any atom is 0.127 e. The van der Waals surface area contributed by atoms with Gasteiger partial charge in [0.15, 0.2) is 0 Å². The number of hydrogen-bond donors (Lipinski definition) is 1. The molecule has 4 nitrogen and oxygen atoms in total. The number of nitrogens with two attached hydrogens (primary N) is 1. The number of rotatable bonds is 6. The molecule has 1 unspecified atom stereocenters. The molecule has 18 heavy (non-hydrogen) atoms. The van der Waals surface area contributed by atoms with Gasteiger partial charge < -0.3 is 20.1 Å². The highest BCUT2D eigenvalue weighted by Crippen LogP contribution is 2.28. The quantitative estimate of drug-likeness (QED) is 0.841. The van der Waals surface area contributed by atoms with E-state index in [2.05, 4.69) is 25.8 Å². The zero-order chi connectivity index (χ0) is 13.7. The topological polar surface area (TPSA) is 47.7 Å². The van der Waals surface area contributed by atoms with Crippen LogP contribution in [0.5, 0.6) is 11.5 Å². The summed E-state index contributed by atoms with van der Waals surface area (Å²) in [5.41, 5.74) is 7.24. The molecule has 1 atom stereocenters. The molecule has 0 aromatic heterocycles. The van der Waals surface area contributed by atoms with Crippen molar-refractivity contribution in [2.45, 2.75) is 25.9 Å². The van der Waals surface area contributed by atoms with Crippen LogP contribution in [0.25, 0.3) is 0 Å². The molecule has 0 aliphatic heterocycles. The largest absolute Gasteiger partial charge is 0.497 e. The molecule has 0 heterocycles. The summed E-state index contributed by atoms with van der Waals surface area (Å²) in [6.45, 7) is 5.09. The lowest BCUT2D eigenvalue weighted by Gasteiger charge is -2.25. The third-order valence-corrected chi connectivity index (χ3v) is 3.21. The molecule has 1 rings (SSSR count). The lowest BCUT2D eigenvalue weighted by atomic mass is 10.1. The number of likely N-dealkylation sites (N-methyl/N-ethyl adjacent to an activating group) is 1. The Morgan fingerprint density at radius 2 is 1.89 bits per heavy atom. The predicted octanol–water partition coefficient (Wildman–Crippen LogP) is 2.04. The van der Waals surface area contributed by atoms with Gasteiger partial charge in [0.1, 0.15) is 11.5 Å².